The first-order valence-electron chi connectivity index (χ1n) is 7.52. The van der Waals surface area contributed by atoms with E-state index in [-0.39, 0.29) is 12.1 Å². The highest BCUT2D eigenvalue weighted by Gasteiger charge is 2.36. The fourth-order valence-corrected chi connectivity index (χ4v) is 4.06. The highest BCUT2D eigenvalue weighted by molar-refractivity contribution is 7.05. The summed E-state index contributed by atoms with van der Waals surface area (Å²) in [5, 5.41) is 8.23. The van der Waals surface area contributed by atoms with Gasteiger partial charge < -0.3 is 0 Å². The molecule has 110 valence electrons. The lowest BCUT2D eigenvalue weighted by atomic mass is 9.84. The van der Waals surface area contributed by atoms with Crippen molar-refractivity contribution in [1.82, 2.24) is 14.9 Å². The van der Waals surface area contributed by atoms with E-state index in [2.05, 4.69) is 82.5 Å². The normalized spacial score (nSPS) is 24.0. The zero-order chi connectivity index (χ0) is 14.9. The Morgan fingerprint density at radius 3 is 2.23 bits per heavy atom. The van der Waals surface area contributed by atoms with Gasteiger partial charge in [0.05, 0.1) is 16.6 Å². The average molecular weight is 307 g/mol. The Morgan fingerprint density at radius 1 is 0.909 bits per heavy atom. The fourth-order valence-electron chi connectivity index (χ4n) is 3.22. The molecule has 0 saturated heterocycles. The van der Waals surface area contributed by atoms with Crippen molar-refractivity contribution in [2.45, 2.75) is 24.9 Å². The lowest BCUT2D eigenvalue weighted by molar-refractivity contribution is 0.396. The van der Waals surface area contributed by atoms with E-state index in [1.54, 1.807) is 0 Å². The second-order valence-corrected chi connectivity index (χ2v) is 6.50. The van der Waals surface area contributed by atoms with Gasteiger partial charge in [0.1, 0.15) is 0 Å². The van der Waals surface area contributed by atoms with Gasteiger partial charge in [-0.05, 0) is 22.7 Å². The molecule has 3 nitrogen and oxygen atoms in total. The molecule has 4 heteroatoms. The van der Waals surface area contributed by atoms with E-state index >= 15 is 0 Å². The first-order valence-corrected chi connectivity index (χ1v) is 8.30. The number of nitrogens with zero attached hydrogens (tertiary/aromatic N) is 2. The van der Waals surface area contributed by atoms with Crippen molar-refractivity contribution in [2.24, 2.45) is 0 Å². The molecule has 0 amide bonds. The second-order valence-electron chi connectivity index (χ2n) is 5.71. The lowest BCUT2D eigenvalue weighted by Gasteiger charge is -2.35. The van der Waals surface area contributed by atoms with Gasteiger partial charge in [-0.25, -0.2) is 0 Å². The average Bonchev–Trinajstić information content (AvgIpc) is 3.07. The molecule has 0 bridgehead atoms. The van der Waals surface area contributed by atoms with Crippen molar-refractivity contribution in [3.05, 3.63) is 82.4 Å². The van der Waals surface area contributed by atoms with E-state index in [1.165, 1.54) is 27.5 Å². The molecule has 1 aliphatic rings. The predicted molar refractivity (Wildman–Crippen MR) is 88.9 cm³/mol. The Balaban J connectivity index is 1.79. The summed E-state index contributed by atoms with van der Waals surface area (Å²) in [7, 11) is 0. The third kappa shape index (κ3) is 2.25. The molecule has 1 aromatic heterocycles. The highest BCUT2D eigenvalue weighted by atomic mass is 32.1. The quantitative estimate of drug-likeness (QED) is 0.775. The second kappa shape index (κ2) is 5.63. The molecule has 2 heterocycles. The van der Waals surface area contributed by atoms with Gasteiger partial charge in [0.2, 0.25) is 0 Å². The molecule has 4 rings (SSSR count). The van der Waals surface area contributed by atoms with Gasteiger partial charge in [0, 0.05) is 12.0 Å². The minimum absolute atomic E-state index is 0.164. The molecule has 0 radical (unpaired) electrons. The first-order chi connectivity index (χ1) is 10.8. The van der Waals surface area contributed by atoms with Crippen LogP contribution < -0.4 is 5.32 Å². The van der Waals surface area contributed by atoms with Gasteiger partial charge in [-0.3, -0.25) is 5.32 Å². The van der Waals surface area contributed by atoms with Gasteiger partial charge in [-0.15, -0.1) is 5.10 Å². The van der Waals surface area contributed by atoms with Crippen LogP contribution in [0.15, 0.2) is 60.7 Å². The summed E-state index contributed by atoms with van der Waals surface area (Å²) in [5.41, 5.74) is 3.70. The standard InChI is InChI=1S/C18H17N3S/c1-12-15(13-8-4-2-5-9-13)19-17(14-10-6-3-7-11-14)18-16(12)20-21-22-18/h2-12,15,17,19H,1H3. The van der Waals surface area contributed by atoms with Crippen LogP contribution in [0.1, 0.15) is 46.6 Å². The van der Waals surface area contributed by atoms with Gasteiger partial charge in [0.25, 0.3) is 0 Å². The summed E-state index contributed by atoms with van der Waals surface area (Å²) in [6, 6.07) is 21.6. The summed E-state index contributed by atoms with van der Waals surface area (Å²) in [4.78, 5) is 1.24. The van der Waals surface area contributed by atoms with Gasteiger partial charge in [0.15, 0.2) is 0 Å². The van der Waals surface area contributed by atoms with Crippen LogP contribution >= 0.6 is 11.5 Å². The molecule has 0 aliphatic carbocycles. The van der Waals surface area contributed by atoms with Crippen molar-refractivity contribution >= 4 is 11.5 Å². The summed E-state index contributed by atoms with van der Waals surface area (Å²) < 4.78 is 4.21. The number of hydrogen-bond donors (Lipinski definition) is 1. The van der Waals surface area contributed by atoms with E-state index in [0.717, 1.165) is 5.69 Å². The molecule has 22 heavy (non-hydrogen) atoms. The number of benzene rings is 2. The van der Waals surface area contributed by atoms with Gasteiger partial charge in [-0.1, -0.05) is 72.1 Å². The number of fused-ring (bicyclic) bond motifs is 1. The van der Waals surface area contributed by atoms with Crippen LogP contribution in [-0.4, -0.2) is 9.59 Å². The highest BCUT2D eigenvalue weighted by Crippen LogP contribution is 2.43. The summed E-state index contributed by atoms with van der Waals surface area (Å²) in [6.07, 6.45) is 0. The van der Waals surface area contributed by atoms with E-state index in [1.807, 2.05) is 0 Å². The van der Waals surface area contributed by atoms with Crippen molar-refractivity contribution < 1.29 is 0 Å². The van der Waals surface area contributed by atoms with Crippen molar-refractivity contribution in [2.75, 3.05) is 0 Å². The van der Waals surface area contributed by atoms with Gasteiger partial charge >= 0.3 is 0 Å². The molecule has 0 fully saturated rings. The summed E-state index contributed by atoms with van der Waals surface area (Å²) in [6.45, 7) is 2.23. The number of aromatic nitrogens is 2. The lowest BCUT2D eigenvalue weighted by Crippen LogP contribution is -2.35. The van der Waals surface area contributed by atoms with Gasteiger partial charge in [-0.2, -0.15) is 0 Å². The molecular weight excluding hydrogens is 290 g/mol. The molecule has 2 aromatic carbocycles. The van der Waals surface area contributed by atoms with Crippen molar-refractivity contribution in [3.63, 3.8) is 0 Å². The fraction of sp³-hybridized carbons (Fsp3) is 0.222. The van der Waals surface area contributed by atoms with Crippen LogP contribution in [0.2, 0.25) is 0 Å². The summed E-state index contributed by atoms with van der Waals surface area (Å²) >= 11 is 1.51. The number of hydrogen-bond acceptors (Lipinski definition) is 4. The van der Waals surface area contributed by atoms with Crippen LogP contribution in [0.5, 0.6) is 0 Å². The van der Waals surface area contributed by atoms with Crippen molar-refractivity contribution in [3.8, 4) is 0 Å². The minimum Gasteiger partial charge on any atom is -0.298 e. The molecule has 1 N–H and O–H groups in total. The van der Waals surface area contributed by atoms with Crippen LogP contribution in [-0.2, 0) is 0 Å². The Kier molecular flexibility index (Phi) is 3.48. The summed E-state index contributed by atoms with van der Waals surface area (Å²) in [5.74, 6) is 0.316. The molecular formula is C18H17N3S. The molecule has 1 aliphatic heterocycles. The number of rotatable bonds is 2. The SMILES string of the molecule is CC1c2nnsc2C(c2ccccc2)NC1c1ccccc1. The largest absolute Gasteiger partial charge is 0.298 e. The van der Waals surface area contributed by atoms with Crippen LogP contribution in [0, 0.1) is 0 Å². The zero-order valence-electron chi connectivity index (χ0n) is 12.3. The molecule has 3 atom stereocenters. The first kappa shape index (κ1) is 13.6. The monoisotopic (exact) mass is 307 g/mol. The predicted octanol–water partition coefficient (Wildman–Crippen LogP) is 4.08. The third-order valence-corrected chi connectivity index (χ3v) is 5.18. The van der Waals surface area contributed by atoms with E-state index in [4.69, 9.17) is 0 Å². The smallest absolute Gasteiger partial charge is 0.0854 e. The van der Waals surface area contributed by atoms with E-state index < -0.39 is 0 Å². The van der Waals surface area contributed by atoms with E-state index in [0.29, 0.717) is 5.92 Å². The van der Waals surface area contributed by atoms with E-state index in [9.17, 15) is 0 Å². The maximum absolute atomic E-state index is 4.42. The Bertz CT molecular complexity index is 754. The molecule has 3 unspecified atom stereocenters. The third-order valence-electron chi connectivity index (χ3n) is 4.37. The zero-order valence-corrected chi connectivity index (χ0v) is 13.1. The maximum Gasteiger partial charge on any atom is 0.0854 e. The maximum atomic E-state index is 4.42. The van der Waals surface area contributed by atoms with Crippen LogP contribution in [0.3, 0.4) is 0 Å². The van der Waals surface area contributed by atoms with Crippen molar-refractivity contribution in [1.29, 1.82) is 0 Å². The topological polar surface area (TPSA) is 37.8 Å². The molecule has 3 aromatic rings. The molecule has 0 saturated carbocycles. The van der Waals surface area contributed by atoms with Crippen LogP contribution in [0.25, 0.3) is 0 Å². The Morgan fingerprint density at radius 2 is 1.55 bits per heavy atom. The van der Waals surface area contributed by atoms with Crippen LogP contribution in [0.4, 0.5) is 0 Å². The minimum atomic E-state index is 0.164. The Hall–Kier alpha value is -2.04. The molecule has 0 spiro atoms. The number of nitrogens with one attached hydrogen (secondary N) is 1. The Labute approximate surface area is 134 Å².